The summed E-state index contributed by atoms with van der Waals surface area (Å²) in [6.07, 6.45) is 2.09. The third-order valence-corrected chi connectivity index (χ3v) is 8.14. The van der Waals surface area contributed by atoms with Crippen molar-refractivity contribution in [2.75, 3.05) is 13.7 Å². The molecule has 0 saturated carbocycles. The van der Waals surface area contributed by atoms with E-state index in [2.05, 4.69) is 30.3 Å². The number of carbonyl (C=O) groups is 1. The van der Waals surface area contributed by atoms with Gasteiger partial charge in [0, 0.05) is 36.4 Å². The van der Waals surface area contributed by atoms with Gasteiger partial charge in [-0.15, -0.1) is 0 Å². The highest BCUT2D eigenvalue weighted by Gasteiger charge is 2.51. The predicted molar refractivity (Wildman–Crippen MR) is 135 cm³/mol. The normalized spacial score (nSPS) is 24.1. The number of methoxy groups -OCH3 is 1. The molecule has 3 aromatic rings. The molecule has 3 aromatic carbocycles. The zero-order valence-electron chi connectivity index (χ0n) is 20.2. The molecular formula is C30H28N2O4. The van der Waals surface area contributed by atoms with Gasteiger partial charge in [0.2, 0.25) is 0 Å². The Morgan fingerprint density at radius 3 is 2.22 bits per heavy atom. The number of fused-ring (bicyclic) bond motifs is 5. The number of benzene rings is 3. The highest BCUT2D eigenvalue weighted by atomic mass is 16.6. The van der Waals surface area contributed by atoms with E-state index in [9.17, 15) is 15.2 Å². The number of piperidine rings is 1. The van der Waals surface area contributed by atoms with E-state index in [1.807, 2.05) is 29.2 Å². The summed E-state index contributed by atoms with van der Waals surface area (Å²) in [5.41, 5.74) is 4.71. The molecular weight excluding hydrogens is 452 g/mol. The maximum atomic E-state index is 13.4. The second-order valence-electron chi connectivity index (χ2n) is 10.1. The minimum atomic E-state index is -1.16. The summed E-state index contributed by atoms with van der Waals surface area (Å²) >= 11 is 0. The lowest BCUT2D eigenvalue weighted by Gasteiger charge is -2.43. The van der Waals surface area contributed by atoms with E-state index >= 15 is 0 Å². The second-order valence-corrected chi connectivity index (χ2v) is 10.1. The molecule has 182 valence electrons. The summed E-state index contributed by atoms with van der Waals surface area (Å²) in [7, 11) is 1.56. The number of amides is 1. The number of carbonyl (C=O) groups excluding carboxylic acids is 1. The lowest BCUT2D eigenvalue weighted by atomic mass is 9.79. The van der Waals surface area contributed by atoms with E-state index in [1.54, 1.807) is 25.3 Å². The number of aliphatic hydroxyl groups is 1. The van der Waals surface area contributed by atoms with Gasteiger partial charge in [0.1, 0.15) is 12.4 Å². The van der Waals surface area contributed by atoms with Crippen molar-refractivity contribution >= 4 is 6.09 Å². The SMILES string of the molecule is COc1ccc(C#N)cc1C1(O)CC2CCC(C1)N2C(=O)OCC1c2ccccc2-c2ccccc21. The van der Waals surface area contributed by atoms with Gasteiger partial charge in [-0.05, 0) is 53.3 Å². The van der Waals surface area contributed by atoms with Gasteiger partial charge in [0.25, 0.3) is 0 Å². The summed E-state index contributed by atoms with van der Waals surface area (Å²) in [6.45, 7) is 0.283. The molecule has 3 aliphatic rings. The fourth-order valence-electron chi connectivity index (χ4n) is 6.55. The number of ether oxygens (including phenoxy) is 2. The van der Waals surface area contributed by atoms with E-state index in [-0.39, 0.29) is 30.7 Å². The average Bonchev–Trinajstić information content (AvgIpc) is 3.38. The maximum absolute atomic E-state index is 13.4. The van der Waals surface area contributed by atoms with Gasteiger partial charge < -0.3 is 19.5 Å². The summed E-state index contributed by atoms with van der Waals surface area (Å²) in [4.78, 5) is 15.2. The molecule has 6 heteroatoms. The summed E-state index contributed by atoms with van der Waals surface area (Å²) < 4.78 is 11.5. The smallest absolute Gasteiger partial charge is 0.410 e. The van der Waals surface area contributed by atoms with Crippen LogP contribution in [0.2, 0.25) is 0 Å². The minimum absolute atomic E-state index is 0.0127. The molecule has 2 atom stereocenters. The van der Waals surface area contributed by atoms with Crippen molar-refractivity contribution < 1.29 is 19.4 Å². The molecule has 2 aliphatic heterocycles. The van der Waals surface area contributed by atoms with E-state index in [0.717, 1.165) is 12.8 Å². The van der Waals surface area contributed by atoms with Crippen LogP contribution >= 0.6 is 0 Å². The van der Waals surface area contributed by atoms with E-state index < -0.39 is 5.60 Å². The Bertz CT molecular complexity index is 1320. The van der Waals surface area contributed by atoms with Crippen LogP contribution in [0.4, 0.5) is 4.79 Å². The third-order valence-electron chi connectivity index (χ3n) is 8.14. The zero-order valence-corrected chi connectivity index (χ0v) is 20.2. The molecule has 2 fully saturated rings. The Hall–Kier alpha value is -3.82. The van der Waals surface area contributed by atoms with Gasteiger partial charge in [0.05, 0.1) is 24.3 Å². The van der Waals surface area contributed by atoms with Crippen molar-refractivity contribution in [2.45, 2.75) is 49.3 Å². The molecule has 6 nitrogen and oxygen atoms in total. The molecule has 0 radical (unpaired) electrons. The van der Waals surface area contributed by atoms with Crippen LogP contribution in [-0.2, 0) is 10.3 Å². The highest BCUT2D eigenvalue weighted by Crippen LogP contribution is 2.49. The predicted octanol–water partition coefficient (Wildman–Crippen LogP) is 5.33. The van der Waals surface area contributed by atoms with Crippen LogP contribution in [0.5, 0.6) is 5.75 Å². The molecule has 2 heterocycles. The molecule has 2 unspecified atom stereocenters. The van der Waals surface area contributed by atoms with Crippen LogP contribution < -0.4 is 4.74 Å². The Labute approximate surface area is 210 Å². The first-order valence-corrected chi connectivity index (χ1v) is 12.5. The Morgan fingerprint density at radius 2 is 1.64 bits per heavy atom. The van der Waals surface area contributed by atoms with Crippen molar-refractivity contribution in [2.24, 2.45) is 0 Å². The van der Waals surface area contributed by atoms with Gasteiger partial charge in [-0.25, -0.2) is 4.79 Å². The number of hydrogen-bond acceptors (Lipinski definition) is 5. The van der Waals surface area contributed by atoms with Crippen molar-refractivity contribution in [1.82, 2.24) is 4.90 Å². The summed E-state index contributed by atoms with van der Waals surface area (Å²) in [6, 6.07) is 23.6. The number of rotatable bonds is 4. The lowest BCUT2D eigenvalue weighted by molar-refractivity contribution is -0.0542. The van der Waals surface area contributed by atoms with Gasteiger partial charge >= 0.3 is 6.09 Å². The average molecular weight is 481 g/mol. The Morgan fingerprint density at radius 1 is 1.03 bits per heavy atom. The molecule has 0 aromatic heterocycles. The largest absolute Gasteiger partial charge is 0.496 e. The first-order chi connectivity index (χ1) is 17.5. The molecule has 0 spiro atoms. The van der Waals surface area contributed by atoms with Crippen LogP contribution in [0.25, 0.3) is 11.1 Å². The van der Waals surface area contributed by atoms with Crippen LogP contribution in [0.3, 0.4) is 0 Å². The fraction of sp³-hybridized carbons (Fsp3) is 0.333. The van der Waals surface area contributed by atoms with E-state index in [1.165, 1.54) is 22.3 Å². The van der Waals surface area contributed by atoms with Crippen molar-refractivity contribution in [3.8, 4) is 22.9 Å². The monoisotopic (exact) mass is 480 g/mol. The quantitative estimate of drug-likeness (QED) is 0.546. The molecule has 36 heavy (non-hydrogen) atoms. The standard InChI is InChI=1S/C30H28N2O4/c1-35-28-13-10-19(17-31)14-27(28)30(34)15-20-11-12-21(16-30)32(20)29(33)36-18-26-24-8-4-2-6-22(24)23-7-3-5-9-25(23)26/h2-10,13-14,20-21,26,34H,11-12,15-16,18H2,1H3. The van der Waals surface area contributed by atoms with Crippen LogP contribution in [0.15, 0.2) is 66.7 Å². The minimum Gasteiger partial charge on any atom is -0.496 e. The first-order valence-electron chi connectivity index (χ1n) is 12.5. The van der Waals surface area contributed by atoms with Crippen LogP contribution in [0.1, 0.15) is 53.9 Å². The van der Waals surface area contributed by atoms with Gasteiger partial charge in [-0.1, -0.05) is 48.5 Å². The fourth-order valence-corrected chi connectivity index (χ4v) is 6.55. The number of hydrogen-bond donors (Lipinski definition) is 1. The first kappa shape index (κ1) is 22.6. The number of nitrogens with zero attached hydrogens (tertiary/aromatic N) is 2. The Balaban J connectivity index is 1.20. The van der Waals surface area contributed by atoms with Crippen molar-refractivity contribution in [1.29, 1.82) is 5.26 Å². The molecule has 2 saturated heterocycles. The molecule has 6 rings (SSSR count). The van der Waals surface area contributed by atoms with Gasteiger partial charge in [-0.2, -0.15) is 5.26 Å². The highest BCUT2D eigenvalue weighted by molar-refractivity contribution is 5.79. The van der Waals surface area contributed by atoms with Crippen molar-refractivity contribution in [3.05, 3.63) is 89.0 Å². The number of nitriles is 1. The lowest BCUT2D eigenvalue weighted by Crippen LogP contribution is -2.52. The Kier molecular flexibility index (Phi) is 5.46. The molecule has 1 aliphatic carbocycles. The van der Waals surface area contributed by atoms with E-state index in [0.29, 0.717) is 29.7 Å². The molecule has 1 amide bonds. The maximum Gasteiger partial charge on any atom is 0.410 e. The van der Waals surface area contributed by atoms with Gasteiger partial charge in [-0.3, -0.25) is 0 Å². The van der Waals surface area contributed by atoms with Crippen molar-refractivity contribution in [3.63, 3.8) is 0 Å². The third kappa shape index (κ3) is 3.54. The topological polar surface area (TPSA) is 82.8 Å². The summed E-state index contributed by atoms with van der Waals surface area (Å²) in [5.74, 6) is 0.573. The van der Waals surface area contributed by atoms with Crippen LogP contribution in [0, 0.1) is 11.3 Å². The zero-order chi connectivity index (χ0) is 24.9. The van der Waals surface area contributed by atoms with Gasteiger partial charge in [0.15, 0.2) is 0 Å². The summed E-state index contributed by atoms with van der Waals surface area (Å²) in [5, 5.41) is 21.1. The van der Waals surface area contributed by atoms with E-state index in [4.69, 9.17) is 9.47 Å². The molecule has 2 bridgehead atoms. The second kappa shape index (κ2) is 8.69. The molecule has 1 N–H and O–H groups in total. The van der Waals surface area contributed by atoms with Crippen LogP contribution in [-0.4, -0.2) is 41.9 Å².